The molecule has 194 valence electrons. The number of hydrazine groups is 1. The standard InChI is InChI=1S/C26H26ClN3O5S2/c1-3-34-21-13-17(7-9-20(21)35-15-23(31)29-10-4-5-11-29)14-22-25(33)30(26(36)37-22)28-24(32)18-8-6-16(2)12-19(18)27/h6-9,12-14H,3-5,10-11,15H2,1-2H3,(H,28,32)/b22-14-. The highest BCUT2D eigenvalue weighted by atomic mass is 35.5. The minimum Gasteiger partial charge on any atom is -0.490 e. The second-order valence-corrected chi connectivity index (χ2v) is 10.5. The summed E-state index contributed by atoms with van der Waals surface area (Å²) in [7, 11) is 0. The number of ether oxygens (including phenoxy) is 2. The summed E-state index contributed by atoms with van der Waals surface area (Å²) in [4.78, 5) is 40.2. The van der Waals surface area contributed by atoms with Crippen LogP contribution in [0, 0.1) is 6.92 Å². The Hall–Kier alpha value is -3.08. The van der Waals surface area contributed by atoms with E-state index in [4.69, 9.17) is 33.3 Å². The molecule has 2 heterocycles. The van der Waals surface area contributed by atoms with E-state index in [0.717, 1.165) is 48.3 Å². The van der Waals surface area contributed by atoms with Crippen molar-refractivity contribution in [1.82, 2.24) is 15.3 Å². The van der Waals surface area contributed by atoms with Crippen LogP contribution in [0.15, 0.2) is 41.3 Å². The lowest BCUT2D eigenvalue weighted by Gasteiger charge is -2.17. The van der Waals surface area contributed by atoms with Crippen LogP contribution in [0.1, 0.15) is 41.3 Å². The van der Waals surface area contributed by atoms with Gasteiger partial charge in [-0.1, -0.05) is 35.5 Å². The second-order valence-electron chi connectivity index (χ2n) is 8.46. The summed E-state index contributed by atoms with van der Waals surface area (Å²) in [6.07, 6.45) is 3.69. The number of benzene rings is 2. The molecule has 0 unspecified atom stereocenters. The number of rotatable bonds is 8. The van der Waals surface area contributed by atoms with E-state index in [9.17, 15) is 14.4 Å². The van der Waals surface area contributed by atoms with Crippen molar-refractivity contribution in [3.63, 3.8) is 0 Å². The Morgan fingerprint density at radius 3 is 2.59 bits per heavy atom. The number of thiocarbonyl (C=S) groups is 1. The molecule has 0 atom stereocenters. The average Bonchev–Trinajstić information content (AvgIpc) is 3.49. The third-order valence-corrected chi connectivity index (χ3v) is 7.37. The number of aryl methyl sites for hydroxylation is 1. The molecule has 4 rings (SSSR count). The van der Waals surface area contributed by atoms with E-state index in [-0.39, 0.29) is 27.4 Å². The molecule has 0 aromatic heterocycles. The van der Waals surface area contributed by atoms with Gasteiger partial charge in [-0.25, -0.2) is 0 Å². The lowest BCUT2D eigenvalue weighted by Crippen LogP contribution is -2.44. The van der Waals surface area contributed by atoms with Crippen LogP contribution >= 0.6 is 35.6 Å². The van der Waals surface area contributed by atoms with Gasteiger partial charge in [0.15, 0.2) is 22.4 Å². The van der Waals surface area contributed by atoms with Gasteiger partial charge in [0.1, 0.15) is 0 Å². The summed E-state index contributed by atoms with van der Waals surface area (Å²) in [6.45, 7) is 5.56. The van der Waals surface area contributed by atoms with E-state index in [2.05, 4.69) is 5.43 Å². The van der Waals surface area contributed by atoms with Crippen LogP contribution < -0.4 is 14.9 Å². The molecule has 1 N–H and O–H groups in total. The maximum Gasteiger partial charge on any atom is 0.285 e. The summed E-state index contributed by atoms with van der Waals surface area (Å²) < 4.78 is 11.7. The molecule has 2 aromatic rings. The van der Waals surface area contributed by atoms with Crippen molar-refractivity contribution in [1.29, 1.82) is 0 Å². The Morgan fingerprint density at radius 2 is 1.89 bits per heavy atom. The van der Waals surface area contributed by atoms with Gasteiger partial charge in [-0.05, 0) is 80.4 Å². The van der Waals surface area contributed by atoms with E-state index in [0.29, 0.717) is 28.6 Å². The van der Waals surface area contributed by atoms with E-state index in [1.807, 2.05) is 13.8 Å². The first-order valence-corrected chi connectivity index (χ1v) is 13.4. The average molecular weight is 560 g/mol. The first kappa shape index (κ1) is 27.0. The Balaban J connectivity index is 1.46. The number of carbonyl (C=O) groups is 3. The molecule has 2 aromatic carbocycles. The predicted octanol–water partition coefficient (Wildman–Crippen LogP) is 4.59. The molecule has 37 heavy (non-hydrogen) atoms. The molecule has 3 amide bonds. The molecule has 11 heteroatoms. The molecule has 0 radical (unpaired) electrons. The van der Waals surface area contributed by atoms with Crippen LogP contribution in [0.3, 0.4) is 0 Å². The highest BCUT2D eigenvalue weighted by molar-refractivity contribution is 8.26. The van der Waals surface area contributed by atoms with Crippen molar-refractivity contribution >= 4 is 63.7 Å². The van der Waals surface area contributed by atoms with E-state index in [1.54, 1.807) is 47.4 Å². The summed E-state index contributed by atoms with van der Waals surface area (Å²) >= 11 is 12.6. The number of carbonyl (C=O) groups excluding carboxylic acids is 3. The largest absolute Gasteiger partial charge is 0.490 e. The quantitative estimate of drug-likeness (QED) is 0.374. The van der Waals surface area contributed by atoms with E-state index >= 15 is 0 Å². The molecule has 0 spiro atoms. The molecule has 2 saturated heterocycles. The summed E-state index contributed by atoms with van der Waals surface area (Å²) in [5.74, 6) is -0.140. The summed E-state index contributed by atoms with van der Waals surface area (Å²) in [5, 5.41) is 1.32. The SMILES string of the molecule is CCOc1cc(/C=C2\SC(=S)N(NC(=O)c3ccc(C)cc3Cl)C2=O)ccc1OCC(=O)N1CCCC1. The molecule has 8 nitrogen and oxygen atoms in total. The third-order valence-electron chi connectivity index (χ3n) is 5.75. The second kappa shape index (κ2) is 12.0. The van der Waals surface area contributed by atoms with Crippen LogP contribution in [0.4, 0.5) is 0 Å². The number of halogens is 1. The highest BCUT2D eigenvalue weighted by Gasteiger charge is 2.34. The van der Waals surface area contributed by atoms with Gasteiger partial charge in [0.05, 0.1) is 22.1 Å². The number of nitrogens with one attached hydrogen (secondary N) is 1. The van der Waals surface area contributed by atoms with Gasteiger partial charge >= 0.3 is 0 Å². The van der Waals surface area contributed by atoms with Crippen LogP contribution in [0.5, 0.6) is 11.5 Å². The van der Waals surface area contributed by atoms with Crippen LogP contribution in [0.25, 0.3) is 6.08 Å². The van der Waals surface area contributed by atoms with Crippen molar-refractivity contribution in [3.05, 3.63) is 63.0 Å². The zero-order valence-corrected chi connectivity index (χ0v) is 22.8. The maximum atomic E-state index is 13.0. The molecule has 2 fully saturated rings. The van der Waals surface area contributed by atoms with Gasteiger partial charge in [-0.3, -0.25) is 19.8 Å². The fourth-order valence-corrected chi connectivity index (χ4v) is 5.38. The lowest BCUT2D eigenvalue weighted by molar-refractivity contribution is -0.132. The van der Waals surface area contributed by atoms with Crippen molar-refractivity contribution in [2.75, 3.05) is 26.3 Å². The van der Waals surface area contributed by atoms with Gasteiger partial charge in [0, 0.05) is 13.1 Å². The van der Waals surface area contributed by atoms with Crippen molar-refractivity contribution in [2.45, 2.75) is 26.7 Å². The first-order chi connectivity index (χ1) is 17.8. The molecule has 0 aliphatic carbocycles. The fourth-order valence-electron chi connectivity index (χ4n) is 3.88. The Bertz CT molecular complexity index is 1280. The molecule has 0 bridgehead atoms. The number of thioether (sulfide) groups is 1. The van der Waals surface area contributed by atoms with E-state index in [1.165, 1.54) is 0 Å². The topological polar surface area (TPSA) is 88.2 Å². The van der Waals surface area contributed by atoms with Gasteiger partial charge in [0.25, 0.3) is 17.7 Å². The maximum absolute atomic E-state index is 13.0. The predicted molar refractivity (Wildman–Crippen MR) is 148 cm³/mol. The molecule has 0 saturated carbocycles. The fraction of sp³-hybridized carbons (Fsp3) is 0.308. The molecular formula is C26H26ClN3O5S2. The molecular weight excluding hydrogens is 534 g/mol. The highest BCUT2D eigenvalue weighted by Crippen LogP contribution is 2.34. The smallest absolute Gasteiger partial charge is 0.285 e. The Morgan fingerprint density at radius 1 is 1.14 bits per heavy atom. The number of hydrogen-bond acceptors (Lipinski definition) is 7. The third kappa shape index (κ3) is 6.44. The van der Waals surface area contributed by atoms with Crippen LogP contribution in [-0.2, 0) is 9.59 Å². The number of hydrogen-bond donors (Lipinski definition) is 1. The van der Waals surface area contributed by atoms with Crippen molar-refractivity contribution < 1.29 is 23.9 Å². The summed E-state index contributed by atoms with van der Waals surface area (Å²) in [5.41, 5.74) is 4.37. The number of nitrogens with zero attached hydrogens (tertiary/aromatic N) is 2. The van der Waals surface area contributed by atoms with Gasteiger partial charge in [-0.2, -0.15) is 5.01 Å². The zero-order chi connectivity index (χ0) is 26.5. The van der Waals surface area contributed by atoms with Crippen LogP contribution in [-0.4, -0.2) is 58.3 Å². The Labute approximate surface area is 229 Å². The Kier molecular flexibility index (Phi) is 8.73. The normalized spacial score (nSPS) is 16.5. The molecule has 2 aliphatic rings. The zero-order valence-electron chi connectivity index (χ0n) is 20.4. The number of likely N-dealkylation sites (tertiary alicyclic amines) is 1. The number of amides is 3. The lowest BCUT2D eigenvalue weighted by atomic mass is 10.1. The monoisotopic (exact) mass is 559 g/mol. The van der Waals surface area contributed by atoms with Gasteiger partial charge in [0.2, 0.25) is 0 Å². The van der Waals surface area contributed by atoms with E-state index < -0.39 is 11.8 Å². The van der Waals surface area contributed by atoms with Crippen LogP contribution in [0.2, 0.25) is 5.02 Å². The minimum absolute atomic E-state index is 0.0540. The van der Waals surface area contributed by atoms with Crippen molar-refractivity contribution in [3.8, 4) is 11.5 Å². The van der Waals surface area contributed by atoms with Gasteiger partial charge in [-0.15, -0.1) is 0 Å². The first-order valence-electron chi connectivity index (χ1n) is 11.8. The molecule has 2 aliphatic heterocycles. The minimum atomic E-state index is -0.536. The summed E-state index contributed by atoms with van der Waals surface area (Å²) in [6, 6.07) is 10.2. The van der Waals surface area contributed by atoms with Crippen molar-refractivity contribution in [2.24, 2.45) is 0 Å². The van der Waals surface area contributed by atoms with Gasteiger partial charge < -0.3 is 14.4 Å².